The molecule has 0 aliphatic carbocycles. The van der Waals surface area contributed by atoms with Gasteiger partial charge in [-0.1, -0.05) is 6.07 Å². The van der Waals surface area contributed by atoms with Gasteiger partial charge in [0.25, 0.3) is 0 Å². The Hall–Kier alpha value is -1.86. The smallest absolute Gasteiger partial charge is 0.238 e. The van der Waals surface area contributed by atoms with Crippen molar-refractivity contribution in [3.63, 3.8) is 0 Å². The van der Waals surface area contributed by atoms with Crippen LogP contribution in [0.5, 0.6) is 0 Å². The SMILES string of the molecule is CC(C)(NCC(=O)Nc1c(F)cccc1F)c1nccs1. The van der Waals surface area contributed by atoms with Crippen LogP contribution < -0.4 is 10.6 Å². The minimum Gasteiger partial charge on any atom is -0.320 e. The third-order valence-corrected chi connectivity index (χ3v) is 3.98. The van der Waals surface area contributed by atoms with E-state index in [-0.39, 0.29) is 6.54 Å². The monoisotopic (exact) mass is 311 g/mol. The van der Waals surface area contributed by atoms with Crippen LogP contribution in [0.15, 0.2) is 29.8 Å². The zero-order chi connectivity index (χ0) is 15.5. The van der Waals surface area contributed by atoms with Gasteiger partial charge in [0, 0.05) is 11.6 Å². The molecule has 21 heavy (non-hydrogen) atoms. The first-order valence-electron chi connectivity index (χ1n) is 6.29. The number of aromatic nitrogens is 1. The van der Waals surface area contributed by atoms with Gasteiger partial charge in [-0.05, 0) is 26.0 Å². The lowest BCUT2D eigenvalue weighted by Gasteiger charge is -2.23. The van der Waals surface area contributed by atoms with Crippen LogP contribution in [0.25, 0.3) is 0 Å². The summed E-state index contributed by atoms with van der Waals surface area (Å²) in [4.78, 5) is 16.0. The summed E-state index contributed by atoms with van der Waals surface area (Å²) in [5, 5.41) is 7.91. The van der Waals surface area contributed by atoms with Crippen LogP contribution in [0.1, 0.15) is 18.9 Å². The molecule has 1 heterocycles. The fourth-order valence-corrected chi connectivity index (χ4v) is 2.45. The average molecular weight is 311 g/mol. The Morgan fingerprint density at radius 2 is 2.00 bits per heavy atom. The van der Waals surface area contributed by atoms with Crippen molar-refractivity contribution in [2.45, 2.75) is 19.4 Å². The molecule has 0 saturated carbocycles. The van der Waals surface area contributed by atoms with Crippen molar-refractivity contribution >= 4 is 22.9 Å². The number of halogens is 2. The molecule has 112 valence electrons. The number of nitrogens with one attached hydrogen (secondary N) is 2. The normalized spacial score (nSPS) is 11.4. The highest BCUT2D eigenvalue weighted by Gasteiger charge is 2.23. The molecule has 0 aliphatic rings. The average Bonchev–Trinajstić information content (AvgIpc) is 2.96. The Morgan fingerprint density at radius 1 is 1.33 bits per heavy atom. The number of para-hydroxylation sites is 1. The quantitative estimate of drug-likeness (QED) is 0.893. The largest absolute Gasteiger partial charge is 0.320 e. The predicted molar refractivity (Wildman–Crippen MR) is 78.1 cm³/mol. The van der Waals surface area contributed by atoms with Gasteiger partial charge in [-0.15, -0.1) is 11.3 Å². The molecule has 2 aromatic rings. The third-order valence-electron chi connectivity index (χ3n) is 2.89. The summed E-state index contributed by atoms with van der Waals surface area (Å²) in [6, 6.07) is 3.42. The molecule has 0 atom stereocenters. The Morgan fingerprint density at radius 3 is 2.57 bits per heavy atom. The number of carbonyl (C=O) groups excluding carboxylic acids is 1. The van der Waals surface area contributed by atoms with Crippen LogP contribution in [0.3, 0.4) is 0 Å². The topological polar surface area (TPSA) is 54.0 Å². The summed E-state index contributed by atoms with van der Waals surface area (Å²) in [5.41, 5.74) is -0.935. The van der Waals surface area contributed by atoms with Gasteiger partial charge in [-0.25, -0.2) is 13.8 Å². The van der Waals surface area contributed by atoms with Crippen molar-refractivity contribution in [1.29, 1.82) is 0 Å². The maximum Gasteiger partial charge on any atom is 0.238 e. The summed E-state index contributed by atoms with van der Waals surface area (Å²) in [6.07, 6.45) is 1.68. The van der Waals surface area contributed by atoms with E-state index < -0.39 is 28.8 Å². The molecule has 1 aromatic carbocycles. The van der Waals surface area contributed by atoms with Crippen molar-refractivity contribution in [2.24, 2.45) is 0 Å². The lowest BCUT2D eigenvalue weighted by Crippen LogP contribution is -2.41. The van der Waals surface area contributed by atoms with E-state index in [1.54, 1.807) is 6.20 Å². The molecule has 2 rings (SSSR count). The highest BCUT2D eigenvalue weighted by molar-refractivity contribution is 7.09. The number of thiazole rings is 1. The first kappa shape index (κ1) is 15.5. The van der Waals surface area contributed by atoms with Crippen molar-refractivity contribution in [3.05, 3.63) is 46.4 Å². The van der Waals surface area contributed by atoms with Crippen molar-refractivity contribution in [3.8, 4) is 0 Å². The van der Waals surface area contributed by atoms with Crippen molar-refractivity contribution in [2.75, 3.05) is 11.9 Å². The van der Waals surface area contributed by atoms with Gasteiger partial charge in [-0.3, -0.25) is 10.1 Å². The number of benzene rings is 1. The minimum atomic E-state index is -0.803. The summed E-state index contributed by atoms with van der Waals surface area (Å²) in [6.45, 7) is 3.67. The van der Waals surface area contributed by atoms with E-state index in [1.807, 2.05) is 19.2 Å². The first-order chi connectivity index (χ1) is 9.90. The molecule has 7 heteroatoms. The highest BCUT2D eigenvalue weighted by atomic mass is 32.1. The van der Waals surface area contributed by atoms with Crippen molar-refractivity contribution in [1.82, 2.24) is 10.3 Å². The second-order valence-electron chi connectivity index (χ2n) is 4.96. The van der Waals surface area contributed by atoms with E-state index in [4.69, 9.17) is 0 Å². The molecule has 1 aromatic heterocycles. The van der Waals surface area contributed by atoms with E-state index in [9.17, 15) is 13.6 Å². The van der Waals surface area contributed by atoms with Crippen LogP contribution in [-0.4, -0.2) is 17.4 Å². The maximum absolute atomic E-state index is 13.4. The maximum atomic E-state index is 13.4. The number of amides is 1. The second kappa shape index (κ2) is 6.28. The molecule has 0 spiro atoms. The van der Waals surface area contributed by atoms with E-state index >= 15 is 0 Å². The van der Waals surface area contributed by atoms with Gasteiger partial charge in [0.05, 0.1) is 12.1 Å². The molecular weight excluding hydrogens is 296 g/mol. The zero-order valence-corrected chi connectivity index (χ0v) is 12.4. The molecule has 0 bridgehead atoms. The van der Waals surface area contributed by atoms with Crippen LogP contribution in [0.2, 0.25) is 0 Å². The Labute approximate surface area is 125 Å². The van der Waals surface area contributed by atoms with Gasteiger partial charge in [-0.2, -0.15) is 0 Å². The molecule has 0 aliphatic heterocycles. The number of rotatable bonds is 5. The van der Waals surface area contributed by atoms with Gasteiger partial charge in [0.1, 0.15) is 22.3 Å². The molecule has 4 nitrogen and oxygen atoms in total. The lowest BCUT2D eigenvalue weighted by atomic mass is 10.1. The summed E-state index contributed by atoms with van der Waals surface area (Å²) in [7, 11) is 0. The molecule has 0 fully saturated rings. The fraction of sp³-hybridized carbons (Fsp3) is 0.286. The minimum absolute atomic E-state index is 0.0830. The number of carbonyl (C=O) groups is 1. The predicted octanol–water partition coefficient (Wildman–Crippen LogP) is 2.88. The molecule has 0 radical (unpaired) electrons. The number of anilines is 1. The molecule has 1 amide bonds. The van der Waals surface area contributed by atoms with Gasteiger partial charge in [0.15, 0.2) is 0 Å². The second-order valence-corrected chi connectivity index (χ2v) is 5.86. The Bertz CT molecular complexity index is 609. The van der Waals surface area contributed by atoms with E-state index in [0.717, 1.165) is 17.1 Å². The van der Waals surface area contributed by atoms with Crippen LogP contribution in [0, 0.1) is 11.6 Å². The summed E-state index contributed by atoms with van der Waals surface area (Å²) in [5.74, 6) is -2.13. The van der Waals surface area contributed by atoms with Crippen molar-refractivity contribution < 1.29 is 13.6 Å². The Kier molecular flexibility index (Phi) is 4.64. The van der Waals surface area contributed by atoms with Crippen LogP contribution in [0.4, 0.5) is 14.5 Å². The zero-order valence-electron chi connectivity index (χ0n) is 11.6. The third kappa shape index (κ3) is 3.83. The van der Waals surface area contributed by atoms with E-state index in [0.29, 0.717) is 0 Å². The van der Waals surface area contributed by atoms with Crippen LogP contribution in [-0.2, 0) is 10.3 Å². The van der Waals surface area contributed by atoms with E-state index in [1.165, 1.54) is 17.4 Å². The Balaban J connectivity index is 1.97. The van der Waals surface area contributed by atoms with Gasteiger partial charge in [0.2, 0.25) is 5.91 Å². The summed E-state index contributed by atoms with van der Waals surface area (Å²) >= 11 is 1.47. The van der Waals surface area contributed by atoms with Crippen LogP contribution >= 0.6 is 11.3 Å². The first-order valence-corrected chi connectivity index (χ1v) is 7.17. The van der Waals surface area contributed by atoms with E-state index in [2.05, 4.69) is 15.6 Å². The standard InChI is InChI=1S/C14H15F2N3OS/c1-14(2,13-17-6-7-21-13)18-8-11(20)19-12-9(15)4-3-5-10(12)16/h3-7,18H,8H2,1-2H3,(H,19,20). The van der Waals surface area contributed by atoms with Gasteiger partial charge < -0.3 is 5.32 Å². The fourth-order valence-electron chi connectivity index (χ4n) is 1.71. The number of hydrogen-bond donors (Lipinski definition) is 2. The number of nitrogens with zero attached hydrogens (tertiary/aromatic N) is 1. The number of hydrogen-bond acceptors (Lipinski definition) is 4. The summed E-state index contributed by atoms with van der Waals surface area (Å²) < 4.78 is 26.8. The molecule has 0 saturated heterocycles. The molecular formula is C14H15F2N3OS. The highest BCUT2D eigenvalue weighted by Crippen LogP contribution is 2.22. The van der Waals surface area contributed by atoms with Gasteiger partial charge >= 0.3 is 0 Å². The molecule has 2 N–H and O–H groups in total. The molecule has 0 unspecified atom stereocenters. The lowest BCUT2D eigenvalue weighted by molar-refractivity contribution is -0.115.